The molecule has 0 radical (unpaired) electrons. The minimum atomic E-state index is -3.99. The van der Waals surface area contributed by atoms with Crippen molar-refractivity contribution in [3.63, 3.8) is 0 Å². The van der Waals surface area contributed by atoms with Crippen LogP contribution in [0.15, 0.2) is 0 Å². The van der Waals surface area contributed by atoms with Crippen molar-refractivity contribution in [2.75, 3.05) is 11.5 Å². The van der Waals surface area contributed by atoms with E-state index >= 15 is 0 Å². The lowest BCUT2D eigenvalue weighted by atomic mass is 10.2. The highest BCUT2D eigenvalue weighted by molar-refractivity contribution is 7.99. The van der Waals surface area contributed by atoms with Crippen LogP contribution >= 0.6 is 11.8 Å². The molecular formula is C5H11NO3S2. The zero-order valence-electron chi connectivity index (χ0n) is 5.99. The van der Waals surface area contributed by atoms with Crippen molar-refractivity contribution in [2.24, 2.45) is 0 Å². The molecule has 1 aliphatic rings. The van der Waals surface area contributed by atoms with E-state index in [1.165, 1.54) is 0 Å². The van der Waals surface area contributed by atoms with Crippen LogP contribution in [-0.4, -0.2) is 30.5 Å². The second kappa shape index (κ2) is 3.75. The van der Waals surface area contributed by atoms with Gasteiger partial charge in [-0.3, -0.25) is 4.55 Å². The number of hydrogen-bond donors (Lipinski definition) is 2. The maximum atomic E-state index is 10.3. The fourth-order valence-corrected chi connectivity index (χ4v) is 2.84. The molecule has 1 rings (SSSR count). The fourth-order valence-electron chi connectivity index (χ4n) is 1.04. The number of hydrogen-bond acceptors (Lipinski definition) is 3. The van der Waals surface area contributed by atoms with Gasteiger partial charge in [0.15, 0.2) is 0 Å². The maximum Gasteiger partial charge on any atom is 0.333 e. The van der Waals surface area contributed by atoms with E-state index in [9.17, 15) is 8.42 Å². The summed E-state index contributed by atoms with van der Waals surface area (Å²) in [5, 5.41) is 0. The summed E-state index contributed by atoms with van der Waals surface area (Å²) >= 11 is 1.71. The predicted octanol–water partition coefficient (Wildman–Crippen LogP) is 0.274. The van der Waals surface area contributed by atoms with Gasteiger partial charge in [-0.1, -0.05) is 0 Å². The Hall–Kier alpha value is 0.220. The Morgan fingerprint density at radius 1 is 1.55 bits per heavy atom. The van der Waals surface area contributed by atoms with E-state index in [0.29, 0.717) is 0 Å². The van der Waals surface area contributed by atoms with Crippen molar-refractivity contribution < 1.29 is 13.0 Å². The quantitative estimate of drug-likeness (QED) is 0.624. The van der Waals surface area contributed by atoms with Crippen LogP contribution in [0.4, 0.5) is 0 Å². The molecule has 6 heteroatoms. The van der Waals surface area contributed by atoms with Gasteiger partial charge in [-0.05, 0) is 18.6 Å². The number of nitrogens with one attached hydrogen (secondary N) is 1. The van der Waals surface area contributed by atoms with Crippen LogP contribution in [0.2, 0.25) is 0 Å². The SMILES string of the molecule is O=S(=O)(O)NC1CCCSC1. The Morgan fingerprint density at radius 3 is 2.73 bits per heavy atom. The standard InChI is InChI=1S/C5H11NO3S2/c7-11(8,9)6-5-2-1-3-10-4-5/h5-6H,1-4H2,(H,7,8,9). The fraction of sp³-hybridized carbons (Fsp3) is 1.00. The summed E-state index contributed by atoms with van der Waals surface area (Å²) in [5.41, 5.74) is 0. The largest absolute Gasteiger partial charge is 0.333 e. The molecule has 66 valence electrons. The first kappa shape index (κ1) is 9.31. The van der Waals surface area contributed by atoms with Gasteiger partial charge >= 0.3 is 10.3 Å². The van der Waals surface area contributed by atoms with E-state index in [0.717, 1.165) is 24.3 Å². The van der Waals surface area contributed by atoms with E-state index < -0.39 is 10.3 Å². The average Bonchev–Trinajstić information content (AvgIpc) is 1.85. The smallest absolute Gasteiger partial charge is 0.273 e. The van der Waals surface area contributed by atoms with Crippen LogP contribution in [-0.2, 0) is 10.3 Å². The summed E-state index contributed by atoms with van der Waals surface area (Å²) in [6, 6.07) is -0.0799. The van der Waals surface area contributed by atoms with Crippen molar-refractivity contribution in [1.82, 2.24) is 4.72 Å². The first-order valence-electron chi connectivity index (χ1n) is 3.40. The van der Waals surface area contributed by atoms with Gasteiger partial charge in [0.2, 0.25) is 0 Å². The molecule has 2 N–H and O–H groups in total. The van der Waals surface area contributed by atoms with Gasteiger partial charge in [-0.2, -0.15) is 24.9 Å². The first-order chi connectivity index (χ1) is 5.08. The van der Waals surface area contributed by atoms with E-state index in [2.05, 4.69) is 4.72 Å². The second-order valence-corrected chi connectivity index (χ2v) is 4.84. The van der Waals surface area contributed by atoms with Gasteiger partial charge < -0.3 is 0 Å². The van der Waals surface area contributed by atoms with Crippen LogP contribution in [0.5, 0.6) is 0 Å². The number of thioether (sulfide) groups is 1. The van der Waals surface area contributed by atoms with Crippen LogP contribution in [0.25, 0.3) is 0 Å². The van der Waals surface area contributed by atoms with Crippen molar-refractivity contribution in [3.05, 3.63) is 0 Å². The molecule has 1 saturated heterocycles. The summed E-state index contributed by atoms with van der Waals surface area (Å²) in [5.74, 6) is 1.85. The molecule has 0 aromatic carbocycles. The van der Waals surface area contributed by atoms with E-state index in [1.807, 2.05) is 0 Å². The molecule has 0 aromatic rings. The second-order valence-electron chi connectivity index (χ2n) is 2.51. The van der Waals surface area contributed by atoms with Gasteiger partial charge in [0, 0.05) is 11.8 Å². The first-order valence-corrected chi connectivity index (χ1v) is 6.00. The third kappa shape index (κ3) is 3.95. The zero-order valence-corrected chi connectivity index (χ0v) is 7.62. The van der Waals surface area contributed by atoms with Gasteiger partial charge in [0.05, 0.1) is 0 Å². The highest BCUT2D eigenvalue weighted by atomic mass is 32.2. The third-order valence-electron chi connectivity index (χ3n) is 1.48. The highest BCUT2D eigenvalue weighted by Crippen LogP contribution is 2.16. The lowest BCUT2D eigenvalue weighted by Gasteiger charge is -2.20. The van der Waals surface area contributed by atoms with Crippen molar-refractivity contribution in [2.45, 2.75) is 18.9 Å². The molecule has 1 atom stereocenters. The molecule has 1 aliphatic heterocycles. The molecule has 0 aliphatic carbocycles. The van der Waals surface area contributed by atoms with E-state index in [-0.39, 0.29) is 6.04 Å². The van der Waals surface area contributed by atoms with Crippen LogP contribution < -0.4 is 4.72 Å². The number of rotatable bonds is 2. The molecule has 1 unspecified atom stereocenters. The Morgan fingerprint density at radius 2 is 2.27 bits per heavy atom. The van der Waals surface area contributed by atoms with Crippen molar-refractivity contribution in [1.29, 1.82) is 0 Å². The van der Waals surface area contributed by atoms with Gasteiger partial charge in [-0.25, -0.2) is 0 Å². The molecule has 11 heavy (non-hydrogen) atoms. The summed E-state index contributed by atoms with van der Waals surface area (Å²) in [6.07, 6.45) is 1.84. The zero-order chi connectivity index (χ0) is 8.32. The highest BCUT2D eigenvalue weighted by Gasteiger charge is 2.17. The molecule has 1 fully saturated rings. The average molecular weight is 197 g/mol. The topological polar surface area (TPSA) is 66.4 Å². The van der Waals surface area contributed by atoms with Crippen LogP contribution in [0.1, 0.15) is 12.8 Å². The van der Waals surface area contributed by atoms with Gasteiger partial charge in [0.1, 0.15) is 0 Å². The Balaban J connectivity index is 2.36. The molecule has 0 aromatic heterocycles. The minimum Gasteiger partial charge on any atom is -0.273 e. The van der Waals surface area contributed by atoms with Crippen LogP contribution in [0, 0.1) is 0 Å². The normalized spacial score (nSPS) is 26.8. The van der Waals surface area contributed by atoms with Crippen molar-refractivity contribution in [3.8, 4) is 0 Å². The van der Waals surface area contributed by atoms with E-state index in [4.69, 9.17) is 4.55 Å². The summed E-state index contributed by atoms with van der Waals surface area (Å²) in [4.78, 5) is 0. The molecule has 0 spiro atoms. The Bertz CT molecular complexity index is 208. The summed E-state index contributed by atoms with van der Waals surface area (Å²) in [6.45, 7) is 0. The lowest BCUT2D eigenvalue weighted by Crippen LogP contribution is -2.37. The third-order valence-corrected chi connectivity index (χ3v) is 3.32. The Kier molecular flexibility index (Phi) is 3.17. The molecule has 0 saturated carbocycles. The molecule has 0 bridgehead atoms. The predicted molar refractivity (Wildman–Crippen MR) is 45.0 cm³/mol. The molecule has 4 nitrogen and oxygen atoms in total. The summed E-state index contributed by atoms with van der Waals surface area (Å²) in [7, 11) is -3.99. The minimum absolute atomic E-state index is 0.0799. The summed E-state index contributed by atoms with van der Waals surface area (Å²) < 4.78 is 31.3. The monoisotopic (exact) mass is 197 g/mol. The van der Waals surface area contributed by atoms with Crippen LogP contribution in [0.3, 0.4) is 0 Å². The maximum absolute atomic E-state index is 10.3. The van der Waals surface area contributed by atoms with Gasteiger partial charge in [0.25, 0.3) is 0 Å². The van der Waals surface area contributed by atoms with E-state index in [1.54, 1.807) is 11.8 Å². The molecule has 1 heterocycles. The molecular weight excluding hydrogens is 186 g/mol. The van der Waals surface area contributed by atoms with Gasteiger partial charge in [-0.15, -0.1) is 0 Å². The van der Waals surface area contributed by atoms with Crippen molar-refractivity contribution >= 4 is 22.1 Å². The molecule has 0 amide bonds. The lowest BCUT2D eigenvalue weighted by molar-refractivity contribution is 0.450. The Labute approximate surface area is 70.6 Å².